The molecule has 44 heavy (non-hydrogen) atoms. The quantitative estimate of drug-likeness (QED) is 0.369. The third kappa shape index (κ3) is 6.25. The second-order valence-electron chi connectivity index (χ2n) is 13.6. The summed E-state index contributed by atoms with van der Waals surface area (Å²) in [5.41, 5.74) is 0.0522. The molecule has 0 radical (unpaired) electrons. The third-order valence-corrected chi connectivity index (χ3v) is 10.2. The van der Waals surface area contributed by atoms with Gasteiger partial charge in [0.1, 0.15) is 29.7 Å². The van der Waals surface area contributed by atoms with Crippen LogP contribution in [0.2, 0.25) is 0 Å². The highest BCUT2D eigenvalue weighted by Crippen LogP contribution is 2.65. The molecule has 3 heterocycles. The number of hydrogen-bond acceptors (Lipinski definition) is 7. The number of anilines is 1. The fraction of sp³-hybridized carbons (Fsp3) is 0.656. The molecule has 0 bridgehead atoms. The molecule has 3 N–H and O–H groups in total. The van der Waals surface area contributed by atoms with Gasteiger partial charge in [0.25, 0.3) is 5.91 Å². The Bertz CT molecular complexity index is 1370. The number of carbonyl (C=O) groups is 4. The number of rotatable bonds is 10. The monoisotopic (exact) mass is 609 g/mol. The second-order valence-corrected chi connectivity index (χ2v) is 13.6. The molecule has 0 spiro atoms. The fourth-order valence-electron chi connectivity index (χ4n) is 7.28. The summed E-state index contributed by atoms with van der Waals surface area (Å²) >= 11 is 0. The Morgan fingerprint density at radius 2 is 1.89 bits per heavy atom. The summed E-state index contributed by atoms with van der Waals surface area (Å²) < 4.78 is 24.7. The van der Waals surface area contributed by atoms with E-state index in [9.17, 15) is 28.8 Å². The Hall–Kier alpha value is -3.72. The van der Waals surface area contributed by atoms with Crippen molar-refractivity contribution in [1.82, 2.24) is 15.5 Å². The van der Waals surface area contributed by atoms with Gasteiger partial charge in [0, 0.05) is 38.7 Å². The van der Waals surface area contributed by atoms with Crippen molar-refractivity contribution in [3.8, 4) is 11.8 Å². The van der Waals surface area contributed by atoms with Crippen LogP contribution in [0.15, 0.2) is 18.2 Å². The topological polar surface area (TPSA) is 150 Å². The van der Waals surface area contributed by atoms with Gasteiger partial charge in [0.15, 0.2) is 6.10 Å². The molecule has 1 aromatic carbocycles. The second kappa shape index (κ2) is 12.0. The highest BCUT2D eigenvalue weighted by Gasteiger charge is 2.69. The van der Waals surface area contributed by atoms with Gasteiger partial charge in [0.2, 0.25) is 17.7 Å². The van der Waals surface area contributed by atoms with Gasteiger partial charge in [-0.25, -0.2) is 4.39 Å². The fourth-order valence-corrected chi connectivity index (χ4v) is 7.28. The van der Waals surface area contributed by atoms with Gasteiger partial charge >= 0.3 is 0 Å². The zero-order chi connectivity index (χ0) is 31.2. The Morgan fingerprint density at radius 1 is 1.14 bits per heavy atom. The molecular formula is C32H40FN5O6. The third-order valence-electron chi connectivity index (χ3n) is 10.2. The molecule has 2 saturated heterocycles. The molecular weight excluding hydrogens is 569 g/mol. The number of hydrogen-bond donors (Lipinski definition) is 3. The van der Waals surface area contributed by atoms with Gasteiger partial charge in [0.05, 0.1) is 11.8 Å². The Kier molecular flexibility index (Phi) is 8.26. The van der Waals surface area contributed by atoms with Crippen LogP contribution in [0.25, 0.3) is 0 Å². The number of halogens is 1. The summed E-state index contributed by atoms with van der Waals surface area (Å²) in [6.07, 6.45) is 3.36. The molecule has 2 aliphatic carbocycles. The van der Waals surface area contributed by atoms with Gasteiger partial charge in [-0.05, 0) is 60.5 Å². The van der Waals surface area contributed by atoms with Crippen LogP contribution in [0.5, 0.6) is 5.75 Å². The van der Waals surface area contributed by atoms with E-state index in [1.54, 1.807) is 4.90 Å². The van der Waals surface area contributed by atoms with E-state index in [2.05, 4.69) is 35.9 Å². The van der Waals surface area contributed by atoms with Gasteiger partial charge in [-0.1, -0.05) is 26.7 Å². The van der Waals surface area contributed by atoms with Crippen LogP contribution in [-0.4, -0.2) is 72.5 Å². The van der Waals surface area contributed by atoms with E-state index in [4.69, 9.17) is 9.47 Å². The highest BCUT2D eigenvalue weighted by atomic mass is 19.1. The smallest absolute Gasteiger partial charge is 0.265 e. The minimum absolute atomic E-state index is 0.0821. The first-order chi connectivity index (χ1) is 21.0. The van der Waals surface area contributed by atoms with Crippen LogP contribution in [0.3, 0.4) is 0 Å². The SMILES string of the molecule is CC1(C)[C@@H]2[C@@H](C(=O)NC(C#N)C[C@@H]3Oc4ccc(F)cc4NC3=O)N(C(=O)C(CC3CC3)NC(=O)CC3CCOCC3)C[C@@H]21. The van der Waals surface area contributed by atoms with E-state index in [1.807, 2.05) is 0 Å². The molecule has 11 nitrogen and oxygen atoms in total. The molecule has 3 aliphatic heterocycles. The van der Waals surface area contributed by atoms with Crippen molar-refractivity contribution in [2.24, 2.45) is 29.1 Å². The van der Waals surface area contributed by atoms with Crippen molar-refractivity contribution in [2.45, 2.75) is 83.0 Å². The van der Waals surface area contributed by atoms with Crippen molar-refractivity contribution in [3.05, 3.63) is 24.0 Å². The number of likely N-dealkylation sites (tertiary alicyclic amines) is 1. The van der Waals surface area contributed by atoms with Crippen LogP contribution >= 0.6 is 0 Å². The molecule has 1 aromatic rings. The maximum atomic E-state index is 14.0. The highest BCUT2D eigenvalue weighted by molar-refractivity contribution is 5.98. The zero-order valence-corrected chi connectivity index (χ0v) is 25.1. The summed E-state index contributed by atoms with van der Waals surface area (Å²) in [7, 11) is 0. The number of nitrogens with zero attached hydrogens (tertiary/aromatic N) is 2. The predicted molar refractivity (Wildman–Crippen MR) is 155 cm³/mol. The number of carbonyl (C=O) groups excluding carboxylic acids is 4. The summed E-state index contributed by atoms with van der Waals surface area (Å²) in [6, 6.07) is 3.24. The summed E-state index contributed by atoms with van der Waals surface area (Å²) in [5.74, 6) is -1.01. The number of piperidine rings is 1. The lowest BCUT2D eigenvalue weighted by molar-refractivity contribution is -0.143. The first-order valence-electron chi connectivity index (χ1n) is 15.7. The molecule has 4 amide bonds. The Morgan fingerprint density at radius 3 is 2.59 bits per heavy atom. The molecule has 0 aromatic heterocycles. The average Bonchev–Trinajstić information content (AvgIpc) is 3.84. The van der Waals surface area contributed by atoms with Crippen molar-refractivity contribution in [1.29, 1.82) is 5.26 Å². The van der Waals surface area contributed by atoms with Crippen molar-refractivity contribution >= 4 is 29.3 Å². The van der Waals surface area contributed by atoms with E-state index in [1.165, 1.54) is 12.1 Å². The summed E-state index contributed by atoms with van der Waals surface area (Å²) in [4.78, 5) is 55.1. The number of nitriles is 1. The van der Waals surface area contributed by atoms with E-state index in [-0.39, 0.29) is 52.8 Å². The van der Waals surface area contributed by atoms with E-state index in [0.29, 0.717) is 38.5 Å². The largest absolute Gasteiger partial charge is 0.478 e. The van der Waals surface area contributed by atoms with Crippen molar-refractivity contribution < 1.29 is 33.0 Å². The van der Waals surface area contributed by atoms with Crippen LogP contribution in [0.1, 0.15) is 58.8 Å². The number of nitrogens with one attached hydrogen (secondary N) is 3. The lowest BCUT2D eigenvalue weighted by Gasteiger charge is -2.34. The maximum absolute atomic E-state index is 14.0. The number of ether oxygens (including phenoxy) is 2. The maximum Gasteiger partial charge on any atom is 0.265 e. The molecule has 2 unspecified atom stereocenters. The molecule has 2 saturated carbocycles. The first kappa shape index (κ1) is 30.3. The average molecular weight is 610 g/mol. The van der Waals surface area contributed by atoms with Gasteiger partial charge in [-0.15, -0.1) is 0 Å². The number of fused-ring (bicyclic) bond motifs is 2. The van der Waals surface area contributed by atoms with Crippen molar-refractivity contribution in [2.75, 3.05) is 25.1 Å². The van der Waals surface area contributed by atoms with Crippen molar-refractivity contribution in [3.63, 3.8) is 0 Å². The molecule has 4 fully saturated rings. The Balaban J connectivity index is 1.13. The normalized spacial score (nSPS) is 28.3. The van der Waals surface area contributed by atoms with Crippen LogP contribution in [0.4, 0.5) is 10.1 Å². The zero-order valence-electron chi connectivity index (χ0n) is 25.1. The predicted octanol–water partition coefficient (Wildman–Crippen LogP) is 2.51. The minimum Gasteiger partial charge on any atom is -0.478 e. The van der Waals surface area contributed by atoms with Gasteiger partial charge in [-0.3, -0.25) is 19.2 Å². The first-order valence-corrected chi connectivity index (χ1v) is 15.7. The van der Waals surface area contributed by atoms with E-state index < -0.39 is 41.9 Å². The molecule has 6 atom stereocenters. The number of benzene rings is 1. The molecule has 5 aliphatic rings. The standard InChI is InChI=1S/C32H40FN5O6/c1-32(2)21-16-38(31(42)23(11-17-3-4-17)36-26(39)12-18-7-9-43-10-8-18)28(27(21)32)30(41)35-20(15-34)14-25-29(40)37-22-13-19(33)5-6-24(22)44-25/h5-6,13,17-18,20-21,23,25,27-28H,3-4,7-12,14,16H2,1-2H3,(H,35,41)(H,36,39)(H,37,40)/t20?,21-,23?,25-,27-,28-/m0/s1. The van der Waals surface area contributed by atoms with E-state index in [0.717, 1.165) is 31.7 Å². The summed E-state index contributed by atoms with van der Waals surface area (Å²) in [5, 5.41) is 18.3. The number of amides is 4. The van der Waals surface area contributed by atoms with Crippen LogP contribution in [0, 0.1) is 46.2 Å². The minimum atomic E-state index is -1.07. The molecule has 6 rings (SSSR count). The lowest BCUT2D eigenvalue weighted by atomic mass is 9.95. The summed E-state index contributed by atoms with van der Waals surface area (Å²) in [6.45, 7) is 5.83. The molecule has 12 heteroatoms. The Labute approximate surface area is 256 Å². The van der Waals surface area contributed by atoms with Gasteiger partial charge < -0.3 is 30.3 Å². The lowest BCUT2D eigenvalue weighted by Crippen LogP contribution is -2.57. The van der Waals surface area contributed by atoms with Crippen LogP contribution < -0.4 is 20.7 Å². The van der Waals surface area contributed by atoms with E-state index >= 15 is 0 Å². The van der Waals surface area contributed by atoms with Gasteiger partial charge in [-0.2, -0.15) is 5.26 Å². The van der Waals surface area contributed by atoms with Crippen LogP contribution in [-0.2, 0) is 23.9 Å². The molecule has 236 valence electrons.